The van der Waals surface area contributed by atoms with Gasteiger partial charge in [0.25, 0.3) is 0 Å². The van der Waals surface area contributed by atoms with E-state index < -0.39 is 0 Å². The Labute approximate surface area is 109 Å². The van der Waals surface area contributed by atoms with E-state index in [0.717, 1.165) is 4.88 Å². The molecule has 1 heterocycles. The van der Waals surface area contributed by atoms with Crippen LogP contribution in [-0.2, 0) is 0 Å². The van der Waals surface area contributed by atoms with Gasteiger partial charge in [-0.3, -0.25) is 0 Å². The Hall–Kier alpha value is -0.760. The van der Waals surface area contributed by atoms with Crippen LogP contribution in [0.2, 0.25) is 0 Å². The molecule has 2 rings (SSSR count). The largest absolute Gasteiger partial charge is 0.135 e. The first-order valence-corrected chi connectivity index (χ1v) is 6.42. The maximum Gasteiger partial charge on any atom is 0.108 e. The Balaban J connectivity index is 2.44. The molecule has 0 amide bonds. The quantitative estimate of drug-likeness (QED) is 0.675. The zero-order valence-electron chi connectivity index (χ0n) is 8.71. The van der Waals surface area contributed by atoms with Gasteiger partial charge >= 0.3 is 0 Å². The van der Waals surface area contributed by atoms with E-state index >= 15 is 0 Å². The highest BCUT2D eigenvalue weighted by Crippen LogP contribution is 2.33. The molecule has 0 fully saturated rings. The summed E-state index contributed by atoms with van der Waals surface area (Å²) in [5.74, 6) is 0. The number of aryl methyl sites for hydroxylation is 1. The second-order valence-corrected chi connectivity index (χ2v) is 5.55. The zero-order chi connectivity index (χ0) is 11.5. The molecule has 0 nitrogen and oxygen atoms in total. The van der Waals surface area contributed by atoms with Gasteiger partial charge in [-0.2, -0.15) is 0 Å². The molecule has 0 atom stereocenters. The summed E-state index contributed by atoms with van der Waals surface area (Å²) in [6.07, 6.45) is 1.77. The molecule has 82 valence electrons. The Morgan fingerprint density at radius 2 is 1.88 bits per heavy atom. The third kappa shape index (κ3) is 2.67. The Morgan fingerprint density at radius 1 is 1.19 bits per heavy atom. The Bertz CT molecular complexity index is 508. The molecule has 2 aromatic rings. The maximum absolute atomic E-state index is 5.65. The lowest BCUT2D eigenvalue weighted by Gasteiger charge is -1.97. The van der Waals surface area contributed by atoms with Crippen molar-refractivity contribution in [1.29, 1.82) is 0 Å². The highest BCUT2D eigenvalue weighted by molar-refractivity contribution is 7.16. The van der Waals surface area contributed by atoms with Crippen LogP contribution in [0.15, 0.2) is 40.9 Å². The van der Waals surface area contributed by atoms with Crippen molar-refractivity contribution in [2.24, 2.45) is 0 Å². The fraction of sp³-hybridized carbons (Fsp3) is 0.0769. The molecule has 0 bridgehead atoms. The molecule has 1 aromatic heterocycles. The van der Waals surface area contributed by atoms with E-state index in [9.17, 15) is 0 Å². The fourth-order valence-electron chi connectivity index (χ4n) is 1.56. The summed E-state index contributed by atoms with van der Waals surface area (Å²) in [5.41, 5.74) is 2.48. The van der Waals surface area contributed by atoms with E-state index in [1.54, 1.807) is 17.4 Å². The minimum absolute atomic E-state index is 0.292. The number of halogens is 2. The van der Waals surface area contributed by atoms with E-state index in [-0.39, 0.29) is 0 Å². The highest BCUT2D eigenvalue weighted by Gasteiger charge is 2.06. The van der Waals surface area contributed by atoms with Gasteiger partial charge in [0.1, 0.15) is 4.49 Å². The van der Waals surface area contributed by atoms with E-state index in [1.165, 1.54) is 16.0 Å². The Kier molecular flexibility index (Phi) is 3.70. The van der Waals surface area contributed by atoms with Crippen molar-refractivity contribution in [3.63, 3.8) is 0 Å². The molecule has 3 heteroatoms. The first-order valence-electron chi connectivity index (χ1n) is 4.85. The SMILES string of the molecule is Cc1cc(C=C(Cl)Cl)sc1-c1ccccc1. The van der Waals surface area contributed by atoms with E-state index in [4.69, 9.17) is 23.2 Å². The van der Waals surface area contributed by atoms with Crippen LogP contribution in [-0.4, -0.2) is 0 Å². The van der Waals surface area contributed by atoms with Crippen LogP contribution >= 0.6 is 34.5 Å². The lowest BCUT2D eigenvalue weighted by molar-refractivity contribution is 1.53. The van der Waals surface area contributed by atoms with E-state index in [1.807, 2.05) is 18.2 Å². The van der Waals surface area contributed by atoms with Crippen LogP contribution in [0.3, 0.4) is 0 Å². The van der Waals surface area contributed by atoms with Gasteiger partial charge in [-0.1, -0.05) is 53.5 Å². The van der Waals surface area contributed by atoms with Crippen LogP contribution in [0.1, 0.15) is 10.4 Å². The van der Waals surface area contributed by atoms with Gasteiger partial charge in [0, 0.05) is 9.75 Å². The molecule has 0 aliphatic heterocycles. The standard InChI is InChI=1S/C13H10Cl2S/c1-9-7-11(8-12(14)15)16-13(9)10-5-3-2-4-6-10/h2-8H,1H3. The van der Waals surface area contributed by atoms with Crippen molar-refractivity contribution in [2.75, 3.05) is 0 Å². The molecule has 0 saturated heterocycles. The van der Waals surface area contributed by atoms with Gasteiger partial charge < -0.3 is 0 Å². The maximum atomic E-state index is 5.65. The van der Waals surface area contributed by atoms with E-state index in [2.05, 4.69) is 25.1 Å². The number of hydrogen-bond acceptors (Lipinski definition) is 1. The molecule has 16 heavy (non-hydrogen) atoms. The predicted octanol–water partition coefficient (Wildman–Crippen LogP) is 5.50. The molecule has 0 unspecified atom stereocenters. The van der Waals surface area contributed by atoms with Gasteiger partial charge in [-0.25, -0.2) is 0 Å². The van der Waals surface area contributed by atoms with Crippen LogP contribution in [0.4, 0.5) is 0 Å². The van der Waals surface area contributed by atoms with Crippen molar-refractivity contribution >= 4 is 40.6 Å². The second kappa shape index (κ2) is 5.05. The van der Waals surface area contributed by atoms with Gasteiger partial charge in [0.05, 0.1) is 0 Å². The third-order valence-electron chi connectivity index (χ3n) is 2.22. The van der Waals surface area contributed by atoms with Crippen LogP contribution in [0, 0.1) is 6.92 Å². The van der Waals surface area contributed by atoms with Crippen LogP contribution in [0.25, 0.3) is 16.5 Å². The lowest BCUT2D eigenvalue weighted by Crippen LogP contribution is -1.72. The summed E-state index contributed by atoms with van der Waals surface area (Å²) in [6.45, 7) is 2.10. The molecule has 0 radical (unpaired) electrons. The summed E-state index contributed by atoms with van der Waals surface area (Å²) in [4.78, 5) is 2.35. The van der Waals surface area contributed by atoms with Crippen molar-refractivity contribution in [3.05, 3.63) is 51.3 Å². The number of thiophene rings is 1. The number of rotatable bonds is 2. The molecule has 0 N–H and O–H groups in total. The molecular weight excluding hydrogens is 259 g/mol. The normalized spacial score (nSPS) is 10.2. The molecule has 0 aliphatic rings. The van der Waals surface area contributed by atoms with Gasteiger partial charge in [-0.05, 0) is 30.2 Å². The van der Waals surface area contributed by atoms with Crippen LogP contribution < -0.4 is 0 Å². The third-order valence-corrected chi connectivity index (χ3v) is 3.68. The summed E-state index contributed by atoms with van der Waals surface area (Å²) in [6, 6.07) is 12.4. The molecule has 0 aliphatic carbocycles. The molecule has 1 aromatic carbocycles. The monoisotopic (exact) mass is 268 g/mol. The lowest BCUT2D eigenvalue weighted by atomic mass is 10.1. The van der Waals surface area contributed by atoms with Crippen molar-refractivity contribution < 1.29 is 0 Å². The first kappa shape index (κ1) is 11.7. The van der Waals surface area contributed by atoms with Gasteiger partial charge in [-0.15, -0.1) is 11.3 Å². The van der Waals surface area contributed by atoms with Crippen molar-refractivity contribution in [2.45, 2.75) is 6.92 Å². The fourth-order valence-corrected chi connectivity index (χ4v) is 3.05. The minimum atomic E-state index is 0.292. The summed E-state index contributed by atoms with van der Waals surface area (Å²) in [5, 5.41) is 0. The average Bonchev–Trinajstić information content (AvgIpc) is 2.60. The van der Waals surface area contributed by atoms with Gasteiger partial charge in [0.15, 0.2) is 0 Å². The summed E-state index contributed by atoms with van der Waals surface area (Å²) in [7, 11) is 0. The average molecular weight is 269 g/mol. The topological polar surface area (TPSA) is 0 Å². The molecule has 0 spiro atoms. The van der Waals surface area contributed by atoms with Crippen molar-refractivity contribution in [1.82, 2.24) is 0 Å². The van der Waals surface area contributed by atoms with Gasteiger partial charge in [0.2, 0.25) is 0 Å². The Morgan fingerprint density at radius 3 is 2.50 bits per heavy atom. The highest BCUT2D eigenvalue weighted by atomic mass is 35.5. The number of hydrogen-bond donors (Lipinski definition) is 0. The summed E-state index contributed by atoms with van der Waals surface area (Å²) < 4.78 is 0.292. The minimum Gasteiger partial charge on any atom is -0.135 e. The molecule has 0 saturated carbocycles. The number of benzene rings is 1. The summed E-state index contributed by atoms with van der Waals surface area (Å²) >= 11 is 13.0. The van der Waals surface area contributed by atoms with Crippen LogP contribution in [0.5, 0.6) is 0 Å². The zero-order valence-corrected chi connectivity index (χ0v) is 11.0. The van der Waals surface area contributed by atoms with E-state index in [0.29, 0.717) is 4.49 Å². The molecular formula is C13H10Cl2S. The smallest absolute Gasteiger partial charge is 0.108 e. The first-order chi connectivity index (χ1) is 7.66. The predicted molar refractivity (Wildman–Crippen MR) is 74.2 cm³/mol. The second-order valence-electron chi connectivity index (χ2n) is 3.46. The van der Waals surface area contributed by atoms with Crippen molar-refractivity contribution in [3.8, 4) is 10.4 Å².